The van der Waals surface area contributed by atoms with E-state index in [-0.39, 0.29) is 37.6 Å². The monoisotopic (exact) mass is 418 g/mol. The van der Waals surface area contributed by atoms with Crippen LogP contribution in [-0.4, -0.2) is 41.2 Å². The molecule has 0 unspecified atom stereocenters. The minimum Gasteiger partial charge on any atom is -0.491 e. The highest BCUT2D eigenvalue weighted by Gasteiger charge is 2.38. The van der Waals surface area contributed by atoms with Gasteiger partial charge in [-0.3, -0.25) is 14.8 Å². The number of ether oxygens (including phenoxy) is 2. The van der Waals surface area contributed by atoms with E-state index in [0.717, 1.165) is 11.1 Å². The van der Waals surface area contributed by atoms with Gasteiger partial charge in [-0.1, -0.05) is 36.4 Å². The van der Waals surface area contributed by atoms with Crippen LogP contribution in [0.1, 0.15) is 41.4 Å². The Labute approximate surface area is 177 Å². The van der Waals surface area contributed by atoms with Gasteiger partial charge in [0.15, 0.2) is 0 Å². The third kappa shape index (κ3) is 4.72. The first-order chi connectivity index (χ1) is 13.4. The molecule has 2 N–H and O–H groups in total. The Bertz CT molecular complexity index is 873. The Morgan fingerprint density at radius 1 is 1.21 bits per heavy atom. The number of carbonyl (C=O) groups is 2. The summed E-state index contributed by atoms with van der Waals surface area (Å²) in [6, 6.07) is 14.2. The number of nitrogens with one attached hydrogen (secondary N) is 1. The van der Waals surface area contributed by atoms with Crippen LogP contribution >= 0.6 is 13.5 Å². The van der Waals surface area contributed by atoms with Gasteiger partial charge in [0.05, 0.1) is 12.6 Å². The van der Waals surface area contributed by atoms with Crippen molar-refractivity contribution in [2.24, 2.45) is 0 Å². The molecule has 1 atom stereocenters. The highest BCUT2D eigenvalue weighted by molar-refractivity contribution is 7.59. The molecule has 2 aromatic carbocycles. The molecule has 156 valence electrons. The van der Waals surface area contributed by atoms with Gasteiger partial charge in [0.1, 0.15) is 18.0 Å². The number of fused-ring (bicyclic) bond motifs is 1. The van der Waals surface area contributed by atoms with E-state index >= 15 is 0 Å². The molecule has 2 aromatic rings. The second-order valence-corrected chi connectivity index (χ2v) is 7.15. The lowest BCUT2D eigenvalue weighted by Crippen LogP contribution is -2.48. The number of carbonyl (C=O) groups excluding carboxylic acids is 2. The van der Waals surface area contributed by atoms with Gasteiger partial charge in [-0.05, 0) is 31.5 Å². The summed E-state index contributed by atoms with van der Waals surface area (Å²) in [6.07, 6.45) is 0. The smallest absolute Gasteiger partial charge is 0.274 e. The standard InChI is InChI=1S/C21H24N2O5.H2S/c1-21(2,27-3)20(25)23-12-16-10-9-15(19(24)22-26)11-18(16)28-13-17(23)14-7-5-4-6-8-14;/h4-11,17,26H,12-13H2,1-3H3,(H,22,24);1H2/t17-;/m1./s1. The van der Waals surface area contributed by atoms with Crippen LogP contribution in [0, 0.1) is 0 Å². The van der Waals surface area contributed by atoms with Crippen LogP contribution in [0.25, 0.3) is 0 Å². The maximum absolute atomic E-state index is 13.3. The van der Waals surface area contributed by atoms with Gasteiger partial charge < -0.3 is 14.4 Å². The van der Waals surface area contributed by atoms with E-state index < -0.39 is 11.5 Å². The van der Waals surface area contributed by atoms with Crippen molar-refractivity contribution in [2.75, 3.05) is 13.7 Å². The largest absolute Gasteiger partial charge is 0.491 e. The molecule has 3 rings (SSSR count). The highest BCUT2D eigenvalue weighted by Crippen LogP contribution is 2.34. The number of nitrogens with zero attached hydrogens (tertiary/aromatic N) is 1. The molecule has 8 heteroatoms. The van der Waals surface area contributed by atoms with Gasteiger partial charge in [-0.2, -0.15) is 13.5 Å². The van der Waals surface area contributed by atoms with Gasteiger partial charge in [0.25, 0.3) is 11.8 Å². The third-order valence-corrected chi connectivity index (χ3v) is 5.02. The van der Waals surface area contributed by atoms with E-state index in [0.29, 0.717) is 12.3 Å². The van der Waals surface area contributed by atoms with Gasteiger partial charge >= 0.3 is 0 Å². The molecule has 0 saturated carbocycles. The number of benzene rings is 2. The molecule has 0 aromatic heterocycles. The van der Waals surface area contributed by atoms with Gasteiger partial charge in [-0.25, -0.2) is 5.48 Å². The molecule has 0 fully saturated rings. The fourth-order valence-electron chi connectivity index (χ4n) is 3.18. The summed E-state index contributed by atoms with van der Waals surface area (Å²) in [5.74, 6) is -0.270. The number of hydroxylamine groups is 1. The number of amides is 2. The maximum atomic E-state index is 13.3. The number of rotatable bonds is 4. The summed E-state index contributed by atoms with van der Waals surface area (Å²) in [7, 11) is 1.51. The van der Waals surface area contributed by atoms with E-state index in [4.69, 9.17) is 14.7 Å². The molecule has 1 aliphatic heterocycles. The second-order valence-electron chi connectivity index (χ2n) is 7.15. The average Bonchev–Trinajstić information content (AvgIpc) is 2.92. The zero-order valence-corrected chi connectivity index (χ0v) is 17.6. The van der Waals surface area contributed by atoms with Crippen molar-refractivity contribution in [1.29, 1.82) is 0 Å². The molecule has 29 heavy (non-hydrogen) atoms. The van der Waals surface area contributed by atoms with E-state index in [1.54, 1.807) is 42.4 Å². The van der Waals surface area contributed by atoms with E-state index in [9.17, 15) is 9.59 Å². The topological polar surface area (TPSA) is 88.1 Å². The minimum atomic E-state index is -0.992. The quantitative estimate of drug-likeness (QED) is 0.589. The first-order valence-corrected chi connectivity index (χ1v) is 8.98. The number of methoxy groups -OCH3 is 1. The first-order valence-electron chi connectivity index (χ1n) is 8.98. The van der Waals surface area contributed by atoms with Crippen LogP contribution in [0.3, 0.4) is 0 Å². The molecule has 7 nitrogen and oxygen atoms in total. The zero-order chi connectivity index (χ0) is 20.3. The van der Waals surface area contributed by atoms with Crippen molar-refractivity contribution < 1.29 is 24.3 Å². The van der Waals surface area contributed by atoms with E-state index in [1.807, 2.05) is 30.3 Å². The SMILES string of the molecule is COC(C)(C)C(=O)N1Cc2ccc(C(=O)NO)cc2OC[C@@H]1c1ccccc1.S. The molecule has 0 radical (unpaired) electrons. The van der Waals surface area contributed by atoms with Crippen LogP contribution in [-0.2, 0) is 16.1 Å². The van der Waals surface area contributed by atoms with E-state index in [2.05, 4.69) is 0 Å². The number of hydrogen-bond donors (Lipinski definition) is 2. The Hall–Kier alpha value is -2.55. The van der Waals surface area contributed by atoms with Crippen LogP contribution in [0.2, 0.25) is 0 Å². The summed E-state index contributed by atoms with van der Waals surface area (Å²) in [4.78, 5) is 26.7. The fourth-order valence-corrected chi connectivity index (χ4v) is 3.18. The van der Waals surface area contributed by atoms with Crippen LogP contribution < -0.4 is 10.2 Å². The zero-order valence-electron chi connectivity index (χ0n) is 16.6. The number of hydrogen-bond acceptors (Lipinski definition) is 5. The van der Waals surface area contributed by atoms with Gasteiger partial charge in [0.2, 0.25) is 0 Å². The summed E-state index contributed by atoms with van der Waals surface area (Å²) in [5, 5.41) is 8.86. The lowest BCUT2D eigenvalue weighted by Gasteiger charge is -2.35. The average molecular weight is 419 g/mol. The molecule has 0 aliphatic carbocycles. The van der Waals surface area contributed by atoms with Gasteiger partial charge in [0, 0.05) is 18.2 Å². The Morgan fingerprint density at radius 2 is 1.90 bits per heavy atom. The van der Waals surface area contributed by atoms with Crippen molar-refractivity contribution in [2.45, 2.75) is 32.0 Å². The van der Waals surface area contributed by atoms with Gasteiger partial charge in [-0.15, -0.1) is 0 Å². The molecule has 0 saturated heterocycles. The predicted octanol–water partition coefficient (Wildman–Crippen LogP) is 2.81. The molecule has 1 heterocycles. The predicted molar refractivity (Wildman–Crippen MR) is 112 cm³/mol. The first kappa shape index (κ1) is 22.7. The maximum Gasteiger partial charge on any atom is 0.274 e. The molecule has 0 spiro atoms. The normalized spacial score (nSPS) is 16.0. The third-order valence-electron chi connectivity index (χ3n) is 5.02. The van der Waals surface area contributed by atoms with Crippen LogP contribution in [0.5, 0.6) is 5.75 Å². The molecule has 2 amide bonds. The van der Waals surface area contributed by atoms with E-state index in [1.165, 1.54) is 7.11 Å². The van der Waals surface area contributed by atoms with Crippen molar-refractivity contribution >= 4 is 25.3 Å². The lowest BCUT2D eigenvalue weighted by molar-refractivity contribution is -0.154. The Balaban J connectivity index is 0.00000300. The summed E-state index contributed by atoms with van der Waals surface area (Å²) in [6.45, 7) is 4.01. The van der Waals surface area contributed by atoms with Crippen molar-refractivity contribution in [3.8, 4) is 5.75 Å². The second kappa shape index (κ2) is 9.30. The molecule has 1 aliphatic rings. The summed E-state index contributed by atoms with van der Waals surface area (Å²) < 4.78 is 11.4. The van der Waals surface area contributed by atoms with Crippen molar-refractivity contribution in [1.82, 2.24) is 10.4 Å². The minimum absolute atomic E-state index is 0. The summed E-state index contributed by atoms with van der Waals surface area (Å²) in [5.41, 5.74) is 2.62. The Morgan fingerprint density at radius 3 is 2.52 bits per heavy atom. The lowest BCUT2D eigenvalue weighted by atomic mass is 10.0. The molecule has 0 bridgehead atoms. The van der Waals surface area contributed by atoms with Crippen molar-refractivity contribution in [3.05, 3.63) is 65.2 Å². The molecular weight excluding hydrogens is 392 g/mol. The van der Waals surface area contributed by atoms with Crippen molar-refractivity contribution in [3.63, 3.8) is 0 Å². The summed E-state index contributed by atoms with van der Waals surface area (Å²) >= 11 is 0. The molecular formula is C21H26N2O5S. The highest BCUT2D eigenvalue weighted by atomic mass is 32.1. The fraction of sp³-hybridized carbons (Fsp3) is 0.333. The van der Waals surface area contributed by atoms with Crippen LogP contribution in [0.15, 0.2) is 48.5 Å². The Kier molecular flexibility index (Phi) is 7.29. The van der Waals surface area contributed by atoms with Crippen LogP contribution in [0.4, 0.5) is 0 Å².